The Hall–Kier alpha value is -0.640. The Kier molecular flexibility index (Phi) is 5.74. The van der Waals surface area contributed by atoms with E-state index in [1.54, 1.807) is 12.1 Å². The van der Waals surface area contributed by atoms with Gasteiger partial charge in [0.2, 0.25) is 0 Å². The maximum atomic E-state index is 13.1. The predicted octanol–water partition coefficient (Wildman–Crippen LogP) is 2.99. The molecule has 0 bridgehead atoms. The van der Waals surface area contributed by atoms with Crippen LogP contribution in [0.1, 0.15) is 19.4 Å². The average molecular weight is 246 g/mol. The fraction of sp³-hybridized carbons (Fsp3) is 0.500. The lowest BCUT2D eigenvalue weighted by Crippen LogP contribution is -2.26. The highest BCUT2D eigenvalue weighted by molar-refractivity contribution is 6.31. The summed E-state index contributed by atoms with van der Waals surface area (Å²) >= 11 is 5.79. The largest absolute Gasteiger partial charge is 0.375 e. The highest BCUT2D eigenvalue weighted by Gasteiger charge is 2.05. The van der Waals surface area contributed by atoms with E-state index in [4.69, 9.17) is 16.3 Å². The van der Waals surface area contributed by atoms with Crippen LogP contribution >= 0.6 is 11.6 Å². The normalized spacial score (nSPS) is 11.1. The van der Waals surface area contributed by atoms with Gasteiger partial charge in [-0.15, -0.1) is 0 Å². The van der Waals surface area contributed by atoms with Gasteiger partial charge in [-0.2, -0.15) is 0 Å². The van der Waals surface area contributed by atoms with E-state index >= 15 is 0 Å². The molecule has 90 valence electrons. The topological polar surface area (TPSA) is 21.3 Å². The van der Waals surface area contributed by atoms with E-state index < -0.39 is 5.82 Å². The van der Waals surface area contributed by atoms with Crippen molar-refractivity contribution < 1.29 is 9.13 Å². The molecule has 16 heavy (non-hydrogen) atoms. The summed E-state index contributed by atoms with van der Waals surface area (Å²) in [7, 11) is 0. The molecule has 0 fully saturated rings. The number of benzene rings is 1. The zero-order valence-electron chi connectivity index (χ0n) is 9.59. The molecule has 0 heterocycles. The molecule has 2 nitrogen and oxygen atoms in total. The lowest BCUT2D eigenvalue weighted by Gasteiger charge is -2.09. The van der Waals surface area contributed by atoms with Gasteiger partial charge in [0.05, 0.1) is 18.2 Å². The van der Waals surface area contributed by atoms with Crippen molar-refractivity contribution in [2.45, 2.75) is 26.5 Å². The van der Waals surface area contributed by atoms with Gasteiger partial charge in [0.15, 0.2) is 0 Å². The van der Waals surface area contributed by atoms with Crippen LogP contribution in [0.25, 0.3) is 0 Å². The Morgan fingerprint density at radius 1 is 1.44 bits per heavy atom. The van der Waals surface area contributed by atoms with Gasteiger partial charge in [-0.05, 0) is 11.6 Å². The smallest absolute Gasteiger partial charge is 0.142 e. The number of ether oxygens (including phenoxy) is 1. The van der Waals surface area contributed by atoms with Crippen LogP contribution in [-0.2, 0) is 11.3 Å². The van der Waals surface area contributed by atoms with E-state index in [0.29, 0.717) is 24.8 Å². The fourth-order valence-corrected chi connectivity index (χ4v) is 1.44. The molecule has 4 heteroatoms. The first-order valence-corrected chi connectivity index (χ1v) is 5.73. The third-order valence-electron chi connectivity index (χ3n) is 2.09. The average Bonchev–Trinajstić information content (AvgIpc) is 2.23. The highest BCUT2D eigenvalue weighted by Crippen LogP contribution is 2.19. The van der Waals surface area contributed by atoms with Crippen molar-refractivity contribution in [3.05, 3.63) is 34.6 Å². The molecule has 0 atom stereocenters. The highest BCUT2D eigenvalue weighted by atomic mass is 35.5. The third kappa shape index (κ3) is 4.47. The van der Waals surface area contributed by atoms with Gasteiger partial charge in [0.1, 0.15) is 5.82 Å². The predicted molar refractivity (Wildman–Crippen MR) is 64.2 cm³/mol. The Morgan fingerprint density at radius 3 is 2.88 bits per heavy atom. The summed E-state index contributed by atoms with van der Waals surface area (Å²) in [5.41, 5.74) is 0.686. The molecule has 1 aromatic carbocycles. The first-order valence-electron chi connectivity index (χ1n) is 5.35. The lowest BCUT2D eigenvalue weighted by molar-refractivity contribution is 0.121. The second kappa shape index (κ2) is 6.84. The zero-order valence-corrected chi connectivity index (χ0v) is 10.4. The molecule has 0 radical (unpaired) electrons. The second-order valence-electron chi connectivity index (χ2n) is 3.87. The molecule has 1 rings (SSSR count). The summed E-state index contributed by atoms with van der Waals surface area (Å²) in [6.45, 7) is 5.86. The van der Waals surface area contributed by atoms with Crippen LogP contribution in [0.3, 0.4) is 0 Å². The number of hydrogen-bond donors (Lipinski definition) is 1. The molecule has 0 spiro atoms. The van der Waals surface area contributed by atoms with Crippen LogP contribution in [0.15, 0.2) is 18.2 Å². The minimum atomic E-state index is -0.400. The summed E-state index contributed by atoms with van der Waals surface area (Å²) in [5.74, 6) is -0.400. The Morgan fingerprint density at radius 2 is 2.19 bits per heavy atom. The van der Waals surface area contributed by atoms with Gasteiger partial charge in [-0.3, -0.25) is 0 Å². The van der Waals surface area contributed by atoms with E-state index in [9.17, 15) is 4.39 Å². The molecular weight excluding hydrogens is 229 g/mol. The molecule has 0 saturated heterocycles. The van der Waals surface area contributed by atoms with Crippen LogP contribution in [-0.4, -0.2) is 19.2 Å². The van der Waals surface area contributed by atoms with Gasteiger partial charge < -0.3 is 10.1 Å². The molecule has 0 aromatic heterocycles. The van der Waals surface area contributed by atoms with Gasteiger partial charge in [0, 0.05) is 12.6 Å². The lowest BCUT2D eigenvalue weighted by atomic mass is 10.2. The number of halogens is 2. The van der Waals surface area contributed by atoms with Crippen molar-refractivity contribution in [2.75, 3.05) is 13.2 Å². The summed E-state index contributed by atoms with van der Waals surface area (Å²) < 4.78 is 18.5. The number of hydrogen-bond acceptors (Lipinski definition) is 2. The first-order chi connectivity index (χ1) is 7.61. The van der Waals surface area contributed by atoms with Crippen LogP contribution in [0.4, 0.5) is 4.39 Å². The second-order valence-corrected chi connectivity index (χ2v) is 4.25. The number of rotatable bonds is 6. The Bertz CT molecular complexity index is 331. The molecule has 0 aliphatic rings. The van der Waals surface area contributed by atoms with Crippen LogP contribution < -0.4 is 5.32 Å². The quantitative estimate of drug-likeness (QED) is 0.778. The molecule has 0 amide bonds. The monoisotopic (exact) mass is 245 g/mol. The van der Waals surface area contributed by atoms with E-state index in [2.05, 4.69) is 19.2 Å². The van der Waals surface area contributed by atoms with Gasteiger partial charge >= 0.3 is 0 Å². The van der Waals surface area contributed by atoms with Gasteiger partial charge in [-0.1, -0.05) is 37.6 Å². The summed E-state index contributed by atoms with van der Waals surface area (Å²) in [4.78, 5) is 0. The fourth-order valence-electron chi connectivity index (χ4n) is 1.26. The van der Waals surface area contributed by atoms with Gasteiger partial charge in [0.25, 0.3) is 0 Å². The van der Waals surface area contributed by atoms with Crippen LogP contribution in [0, 0.1) is 5.82 Å². The van der Waals surface area contributed by atoms with Crippen LogP contribution in [0.5, 0.6) is 0 Å². The Labute approximate surface area is 101 Å². The summed E-state index contributed by atoms with van der Waals surface area (Å²) in [6.07, 6.45) is 0. The maximum absolute atomic E-state index is 13.1. The van der Waals surface area contributed by atoms with Crippen molar-refractivity contribution in [3.8, 4) is 0 Å². The Balaban J connectivity index is 2.29. The first kappa shape index (κ1) is 13.4. The summed E-state index contributed by atoms with van der Waals surface area (Å²) in [6, 6.07) is 5.18. The van der Waals surface area contributed by atoms with Crippen molar-refractivity contribution in [1.29, 1.82) is 0 Å². The molecule has 1 aromatic rings. The van der Waals surface area contributed by atoms with E-state index in [1.165, 1.54) is 6.07 Å². The van der Waals surface area contributed by atoms with Crippen molar-refractivity contribution in [1.82, 2.24) is 5.32 Å². The molecule has 0 aliphatic heterocycles. The molecule has 1 N–H and O–H groups in total. The third-order valence-corrected chi connectivity index (χ3v) is 2.51. The maximum Gasteiger partial charge on any atom is 0.142 e. The minimum absolute atomic E-state index is 0.152. The summed E-state index contributed by atoms with van der Waals surface area (Å²) in [5, 5.41) is 3.38. The van der Waals surface area contributed by atoms with Crippen molar-refractivity contribution in [2.24, 2.45) is 0 Å². The number of nitrogens with one attached hydrogen (secondary N) is 1. The van der Waals surface area contributed by atoms with E-state index in [0.717, 1.165) is 6.54 Å². The molecule has 0 unspecified atom stereocenters. The molecule has 0 aliphatic carbocycles. The minimum Gasteiger partial charge on any atom is -0.375 e. The van der Waals surface area contributed by atoms with E-state index in [1.807, 2.05) is 0 Å². The van der Waals surface area contributed by atoms with Gasteiger partial charge in [-0.25, -0.2) is 4.39 Å². The molecular formula is C12H17ClFNO. The van der Waals surface area contributed by atoms with Crippen molar-refractivity contribution in [3.63, 3.8) is 0 Å². The van der Waals surface area contributed by atoms with Crippen LogP contribution in [0.2, 0.25) is 5.02 Å². The van der Waals surface area contributed by atoms with Crippen molar-refractivity contribution >= 4 is 11.6 Å². The molecule has 0 saturated carbocycles. The zero-order chi connectivity index (χ0) is 12.0. The van der Waals surface area contributed by atoms with E-state index in [-0.39, 0.29) is 5.02 Å². The standard InChI is InChI=1S/C12H17ClFNO/c1-9(2)15-6-7-16-8-10-4-3-5-11(14)12(10)13/h3-5,9,15H,6-8H2,1-2H3. The SMILES string of the molecule is CC(C)NCCOCc1cccc(F)c1Cl.